The molecule has 0 aliphatic rings. The van der Waals surface area contributed by atoms with Gasteiger partial charge in [0.25, 0.3) is 0 Å². The quantitative estimate of drug-likeness (QED) is 0.357. The summed E-state index contributed by atoms with van der Waals surface area (Å²) in [4.78, 5) is 11.4. The third-order valence-electron chi connectivity index (χ3n) is 5.26. The number of aromatic hydroxyl groups is 1. The first kappa shape index (κ1) is 22.4. The zero-order chi connectivity index (χ0) is 20.1. The molecular formula is C19H33NO5Si. The van der Waals surface area contributed by atoms with E-state index in [2.05, 4.69) is 41.5 Å². The molecule has 0 radical (unpaired) electrons. The second kappa shape index (κ2) is 9.37. The second-order valence-electron chi connectivity index (χ2n) is 7.77. The first-order chi connectivity index (χ1) is 12.1. The van der Waals surface area contributed by atoms with Gasteiger partial charge in [-0.25, -0.2) is 0 Å². The van der Waals surface area contributed by atoms with E-state index < -0.39 is 14.4 Å². The molecule has 1 rings (SSSR count). The number of phenolic OH excluding ortho intramolecular Hbond substituents is 1. The van der Waals surface area contributed by atoms with Crippen LogP contribution in [0.1, 0.15) is 47.1 Å². The van der Waals surface area contributed by atoms with Crippen molar-refractivity contribution < 1.29 is 19.2 Å². The van der Waals surface area contributed by atoms with Crippen molar-refractivity contribution in [2.45, 2.75) is 70.6 Å². The Balaban J connectivity index is 3.04. The molecule has 1 unspecified atom stereocenters. The molecule has 0 heterocycles. The third-order valence-corrected chi connectivity index (χ3v) is 11.3. The molecule has 0 saturated heterocycles. The van der Waals surface area contributed by atoms with Gasteiger partial charge in [-0.15, -0.1) is 0 Å². The maximum atomic E-state index is 11.6. The highest BCUT2D eigenvalue weighted by molar-refractivity contribution is 6.77. The maximum absolute atomic E-state index is 11.6. The molecule has 0 bridgehead atoms. The summed E-state index contributed by atoms with van der Waals surface area (Å²) in [5, 5.41) is 21.2. The molecule has 0 aliphatic heterocycles. The molecule has 0 amide bonds. The molecule has 0 saturated carbocycles. The molecule has 0 aliphatic carbocycles. The van der Waals surface area contributed by atoms with E-state index in [1.807, 2.05) is 0 Å². The van der Waals surface area contributed by atoms with Crippen LogP contribution in [0.4, 0.5) is 0 Å². The van der Waals surface area contributed by atoms with Gasteiger partial charge in [0.1, 0.15) is 18.1 Å². The van der Waals surface area contributed by atoms with Crippen LogP contribution in [-0.4, -0.2) is 38.1 Å². The predicted octanol–water partition coefficient (Wildman–Crippen LogP) is 4.78. The SMILES string of the molecule is COc1cc(O)ccc1CC(CO[Si](C(C)C)(C(C)C)C(C)C)[N+](=O)[O-]. The highest BCUT2D eigenvalue weighted by Gasteiger charge is 2.46. The first-order valence-electron chi connectivity index (χ1n) is 9.19. The second-order valence-corrected chi connectivity index (χ2v) is 13.2. The largest absolute Gasteiger partial charge is 0.508 e. The van der Waals surface area contributed by atoms with Crippen LogP contribution in [0.3, 0.4) is 0 Å². The van der Waals surface area contributed by atoms with E-state index in [0.717, 1.165) is 0 Å². The summed E-state index contributed by atoms with van der Waals surface area (Å²) in [6.07, 6.45) is 0.204. The van der Waals surface area contributed by atoms with Gasteiger partial charge in [0.15, 0.2) is 0 Å². The summed E-state index contributed by atoms with van der Waals surface area (Å²) in [5.41, 5.74) is 1.82. The molecule has 0 spiro atoms. The fourth-order valence-electron chi connectivity index (χ4n) is 4.09. The van der Waals surface area contributed by atoms with E-state index in [1.54, 1.807) is 6.07 Å². The standard InChI is InChI=1S/C19H33NO5Si/c1-13(2)26(14(3)4,15(5)6)25-12-17(20(22)23)10-16-8-9-18(21)11-19(16)24-7/h8-9,11,13-15,17,21H,10,12H2,1-7H3. The van der Waals surface area contributed by atoms with Crippen LogP contribution in [-0.2, 0) is 10.8 Å². The van der Waals surface area contributed by atoms with Crippen LogP contribution in [0.15, 0.2) is 18.2 Å². The number of nitro groups is 1. The molecule has 0 aromatic heterocycles. The van der Waals surface area contributed by atoms with Gasteiger partial charge >= 0.3 is 0 Å². The van der Waals surface area contributed by atoms with Gasteiger partial charge in [-0.05, 0) is 22.7 Å². The Labute approximate surface area is 157 Å². The minimum atomic E-state index is -2.16. The van der Waals surface area contributed by atoms with Crippen molar-refractivity contribution in [3.63, 3.8) is 0 Å². The first-order valence-corrected chi connectivity index (χ1v) is 11.3. The lowest BCUT2D eigenvalue weighted by Gasteiger charge is -2.42. The Morgan fingerprint density at radius 3 is 2.08 bits per heavy atom. The van der Waals surface area contributed by atoms with Crippen molar-refractivity contribution in [1.29, 1.82) is 0 Å². The fraction of sp³-hybridized carbons (Fsp3) is 0.684. The summed E-state index contributed by atoms with van der Waals surface area (Å²) >= 11 is 0. The number of hydrogen-bond donors (Lipinski definition) is 1. The van der Waals surface area contributed by atoms with Crippen molar-refractivity contribution in [2.75, 3.05) is 13.7 Å². The molecule has 7 heteroatoms. The summed E-state index contributed by atoms with van der Waals surface area (Å²) in [5.74, 6) is 0.530. The number of rotatable bonds is 10. The Hall–Kier alpha value is -1.60. The smallest absolute Gasteiger partial charge is 0.238 e. The number of ether oxygens (including phenoxy) is 1. The number of phenols is 1. The van der Waals surface area contributed by atoms with Crippen LogP contribution in [0.5, 0.6) is 11.5 Å². The van der Waals surface area contributed by atoms with Crippen molar-refractivity contribution >= 4 is 8.32 Å². The lowest BCUT2D eigenvalue weighted by Crippen LogP contribution is -2.50. The summed E-state index contributed by atoms with van der Waals surface area (Å²) < 4.78 is 11.7. The number of methoxy groups -OCH3 is 1. The monoisotopic (exact) mass is 383 g/mol. The van der Waals surface area contributed by atoms with E-state index in [-0.39, 0.29) is 23.7 Å². The number of benzene rings is 1. The zero-order valence-electron chi connectivity index (χ0n) is 17.0. The number of hydrogen-bond acceptors (Lipinski definition) is 5. The van der Waals surface area contributed by atoms with Gasteiger partial charge in [-0.2, -0.15) is 0 Å². The summed E-state index contributed by atoms with van der Waals surface area (Å²) in [6.45, 7) is 13.1. The van der Waals surface area contributed by atoms with Gasteiger partial charge in [0, 0.05) is 23.0 Å². The van der Waals surface area contributed by atoms with Crippen molar-refractivity contribution in [3.05, 3.63) is 33.9 Å². The molecule has 1 aromatic rings. The highest BCUT2D eigenvalue weighted by atomic mass is 28.4. The van der Waals surface area contributed by atoms with Crippen LogP contribution in [0.25, 0.3) is 0 Å². The van der Waals surface area contributed by atoms with Crippen LogP contribution >= 0.6 is 0 Å². The Bertz CT molecular complexity index is 582. The van der Waals surface area contributed by atoms with E-state index >= 15 is 0 Å². The summed E-state index contributed by atoms with van der Waals surface area (Å²) in [6, 6.07) is 3.81. The lowest BCUT2D eigenvalue weighted by atomic mass is 10.1. The molecule has 0 fully saturated rings. The highest BCUT2D eigenvalue weighted by Crippen LogP contribution is 2.42. The normalized spacial score (nSPS) is 13.5. The van der Waals surface area contributed by atoms with Gasteiger partial charge in [0.05, 0.1) is 7.11 Å². The lowest BCUT2D eigenvalue weighted by molar-refractivity contribution is -0.524. The van der Waals surface area contributed by atoms with Crippen LogP contribution < -0.4 is 4.74 Å². The molecule has 148 valence electrons. The minimum absolute atomic E-state index is 0.0744. The molecular weight excluding hydrogens is 350 g/mol. The van der Waals surface area contributed by atoms with Crippen molar-refractivity contribution in [2.24, 2.45) is 0 Å². The molecule has 1 N–H and O–H groups in total. The fourth-order valence-corrected chi connectivity index (χ4v) is 9.57. The van der Waals surface area contributed by atoms with E-state index in [1.165, 1.54) is 19.2 Å². The zero-order valence-corrected chi connectivity index (χ0v) is 18.0. The van der Waals surface area contributed by atoms with E-state index in [4.69, 9.17) is 9.16 Å². The van der Waals surface area contributed by atoms with Gasteiger partial charge in [-0.3, -0.25) is 10.1 Å². The maximum Gasteiger partial charge on any atom is 0.238 e. The Kier molecular flexibility index (Phi) is 8.08. The molecule has 1 atom stereocenters. The average molecular weight is 384 g/mol. The van der Waals surface area contributed by atoms with Gasteiger partial charge in [0.2, 0.25) is 14.4 Å². The molecule has 26 heavy (non-hydrogen) atoms. The topological polar surface area (TPSA) is 81.8 Å². The average Bonchev–Trinajstić information content (AvgIpc) is 2.54. The van der Waals surface area contributed by atoms with Crippen molar-refractivity contribution in [3.8, 4) is 11.5 Å². The van der Waals surface area contributed by atoms with Crippen LogP contribution in [0, 0.1) is 10.1 Å². The number of nitrogens with zero attached hydrogens (tertiary/aromatic N) is 1. The Morgan fingerprint density at radius 1 is 1.12 bits per heavy atom. The Morgan fingerprint density at radius 2 is 1.65 bits per heavy atom. The molecule has 6 nitrogen and oxygen atoms in total. The third kappa shape index (κ3) is 4.98. The van der Waals surface area contributed by atoms with E-state index in [9.17, 15) is 15.2 Å². The molecule has 1 aromatic carbocycles. The van der Waals surface area contributed by atoms with Gasteiger partial charge < -0.3 is 14.3 Å². The summed E-state index contributed by atoms with van der Waals surface area (Å²) in [7, 11) is -0.670. The van der Waals surface area contributed by atoms with E-state index in [0.29, 0.717) is 27.9 Å². The van der Waals surface area contributed by atoms with Crippen LogP contribution in [0.2, 0.25) is 16.6 Å². The van der Waals surface area contributed by atoms with Gasteiger partial charge in [-0.1, -0.05) is 47.6 Å². The van der Waals surface area contributed by atoms with Crippen molar-refractivity contribution in [1.82, 2.24) is 0 Å². The predicted molar refractivity (Wildman–Crippen MR) is 106 cm³/mol. The minimum Gasteiger partial charge on any atom is -0.508 e.